The van der Waals surface area contributed by atoms with E-state index in [1.807, 2.05) is 0 Å². The number of hydrogen-bond donors (Lipinski definition) is 1. The van der Waals surface area contributed by atoms with Gasteiger partial charge in [-0.15, -0.1) is 23.1 Å². The molecule has 0 bridgehead atoms. The van der Waals surface area contributed by atoms with Crippen molar-refractivity contribution in [2.24, 2.45) is 0 Å². The fourth-order valence-electron chi connectivity index (χ4n) is 1.50. The molecule has 0 amide bonds. The number of rotatable bonds is 5. The lowest BCUT2D eigenvalue weighted by molar-refractivity contribution is -0.385. The third kappa shape index (κ3) is 3.59. The molecule has 1 aromatic carbocycles. The van der Waals surface area contributed by atoms with Gasteiger partial charge in [0.25, 0.3) is 5.69 Å². The van der Waals surface area contributed by atoms with Crippen LogP contribution in [-0.2, 0) is 5.75 Å². The molecule has 1 heterocycles. The molecule has 1 N–H and O–H groups in total. The van der Waals surface area contributed by atoms with E-state index >= 15 is 0 Å². The minimum Gasteiger partial charge on any atom is -0.477 e. The summed E-state index contributed by atoms with van der Waals surface area (Å²) in [4.78, 5) is 22.4. The Bertz CT molecular complexity index is 671. The predicted octanol–water partition coefficient (Wildman–Crippen LogP) is 4.41. The minimum atomic E-state index is -0.962. The lowest BCUT2D eigenvalue weighted by Crippen LogP contribution is -1.94. The lowest BCUT2D eigenvalue weighted by Gasteiger charge is -2.02. The van der Waals surface area contributed by atoms with Crippen molar-refractivity contribution in [3.05, 3.63) is 54.7 Å². The highest BCUT2D eigenvalue weighted by Gasteiger charge is 2.15. The van der Waals surface area contributed by atoms with Crippen LogP contribution in [-0.4, -0.2) is 16.0 Å². The topological polar surface area (TPSA) is 80.4 Å². The van der Waals surface area contributed by atoms with Crippen molar-refractivity contribution in [1.82, 2.24) is 0 Å². The molecule has 0 fully saturated rings. The highest BCUT2D eigenvalue weighted by Crippen LogP contribution is 2.32. The molecule has 0 spiro atoms. The van der Waals surface area contributed by atoms with Crippen LogP contribution in [0.5, 0.6) is 0 Å². The lowest BCUT2D eigenvalue weighted by atomic mass is 10.2. The SMILES string of the molecule is O=C(O)c1cc(SCc2ccc(Br)cc2[N+](=O)[O-])cs1. The van der Waals surface area contributed by atoms with Crippen molar-refractivity contribution >= 4 is 50.7 Å². The molecule has 0 saturated carbocycles. The Morgan fingerprint density at radius 2 is 2.20 bits per heavy atom. The van der Waals surface area contributed by atoms with E-state index in [2.05, 4.69) is 15.9 Å². The van der Waals surface area contributed by atoms with Gasteiger partial charge in [0.15, 0.2) is 0 Å². The molecule has 5 nitrogen and oxygen atoms in total. The van der Waals surface area contributed by atoms with Crippen molar-refractivity contribution in [2.75, 3.05) is 0 Å². The van der Waals surface area contributed by atoms with Crippen LogP contribution in [0.1, 0.15) is 15.2 Å². The first-order chi connectivity index (χ1) is 9.47. The number of benzene rings is 1. The molecule has 0 aliphatic heterocycles. The molecule has 2 rings (SSSR count). The van der Waals surface area contributed by atoms with Crippen LogP contribution >= 0.6 is 39.0 Å². The van der Waals surface area contributed by atoms with Gasteiger partial charge in [0.1, 0.15) is 4.88 Å². The van der Waals surface area contributed by atoms with Gasteiger partial charge in [-0.05, 0) is 12.1 Å². The zero-order valence-corrected chi connectivity index (χ0v) is 13.1. The van der Waals surface area contributed by atoms with Crippen LogP contribution in [0.15, 0.2) is 39.0 Å². The quantitative estimate of drug-likeness (QED) is 0.476. The van der Waals surface area contributed by atoms with Gasteiger partial charge >= 0.3 is 5.97 Å². The van der Waals surface area contributed by atoms with Gasteiger partial charge in [-0.2, -0.15) is 0 Å². The molecule has 20 heavy (non-hydrogen) atoms. The molecule has 0 aliphatic rings. The first-order valence-corrected chi connectivity index (χ1v) is 8.00. The first-order valence-electron chi connectivity index (χ1n) is 5.35. The fourth-order valence-corrected chi connectivity index (χ4v) is 3.71. The number of thioether (sulfide) groups is 1. The maximum Gasteiger partial charge on any atom is 0.345 e. The van der Waals surface area contributed by atoms with Gasteiger partial charge in [0, 0.05) is 32.1 Å². The molecule has 8 heteroatoms. The average Bonchev–Trinajstić information content (AvgIpc) is 2.86. The highest BCUT2D eigenvalue weighted by atomic mass is 79.9. The summed E-state index contributed by atoms with van der Waals surface area (Å²) in [5.74, 6) is -0.546. The van der Waals surface area contributed by atoms with E-state index < -0.39 is 10.9 Å². The van der Waals surface area contributed by atoms with Gasteiger partial charge in [0.05, 0.1) is 4.92 Å². The van der Waals surface area contributed by atoms with Crippen LogP contribution in [0.4, 0.5) is 5.69 Å². The number of nitrogens with zero attached hydrogens (tertiary/aromatic N) is 1. The van der Waals surface area contributed by atoms with Crippen molar-refractivity contribution in [3.8, 4) is 0 Å². The maximum atomic E-state index is 11.0. The number of hydrogen-bond acceptors (Lipinski definition) is 5. The van der Waals surface area contributed by atoms with Crippen LogP contribution < -0.4 is 0 Å². The average molecular weight is 374 g/mol. The number of aromatic carboxylic acids is 1. The largest absolute Gasteiger partial charge is 0.477 e. The molecule has 2 aromatic rings. The van der Waals surface area contributed by atoms with E-state index in [-0.39, 0.29) is 10.6 Å². The Morgan fingerprint density at radius 3 is 2.80 bits per heavy atom. The first kappa shape index (κ1) is 15.0. The van der Waals surface area contributed by atoms with Crippen LogP contribution in [0.2, 0.25) is 0 Å². The molecule has 0 aliphatic carbocycles. The van der Waals surface area contributed by atoms with Gasteiger partial charge in [-0.1, -0.05) is 22.0 Å². The second-order valence-electron chi connectivity index (χ2n) is 3.77. The van der Waals surface area contributed by atoms with E-state index in [1.165, 1.54) is 17.8 Å². The summed E-state index contributed by atoms with van der Waals surface area (Å²) in [6.45, 7) is 0. The molecule has 0 radical (unpaired) electrons. The smallest absolute Gasteiger partial charge is 0.345 e. The molecular weight excluding hydrogens is 366 g/mol. The molecule has 1 aromatic heterocycles. The minimum absolute atomic E-state index is 0.0561. The van der Waals surface area contributed by atoms with Crippen molar-refractivity contribution < 1.29 is 14.8 Å². The Labute approximate surface area is 130 Å². The second kappa shape index (κ2) is 6.38. The van der Waals surface area contributed by atoms with E-state index in [0.717, 1.165) is 16.2 Å². The summed E-state index contributed by atoms with van der Waals surface area (Å²) in [5.41, 5.74) is 0.659. The predicted molar refractivity (Wildman–Crippen MR) is 81.6 cm³/mol. The summed E-state index contributed by atoms with van der Waals surface area (Å²) in [6.07, 6.45) is 0. The summed E-state index contributed by atoms with van der Waals surface area (Å²) >= 11 is 5.73. The van der Waals surface area contributed by atoms with E-state index in [1.54, 1.807) is 23.6 Å². The zero-order valence-electron chi connectivity index (χ0n) is 9.91. The summed E-state index contributed by atoms with van der Waals surface area (Å²) in [6, 6.07) is 6.48. The number of carboxylic acid groups (broad SMARTS) is 1. The van der Waals surface area contributed by atoms with Crippen molar-refractivity contribution in [2.45, 2.75) is 10.6 Å². The summed E-state index contributed by atoms with van der Waals surface area (Å²) in [5, 5.41) is 21.6. The monoisotopic (exact) mass is 373 g/mol. The van der Waals surface area contributed by atoms with Gasteiger partial charge in [-0.3, -0.25) is 10.1 Å². The van der Waals surface area contributed by atoms with Crippen LogP contribution in [0.3, 0.4) is 0 Å². The maximum absolute atomic E-state index is 11.0. The van der Waals surface area contributed by atoms with E-state index in [0.29, 0.717) is 15.8 Å². The standard InChI is InChI=1S/C12H8BrNO4S2/c13-8-2-1-7(10(3-8)14(17)18)5-19-9-4-11(12(15)16)20-6-9/h1-4,6H,5H2,(H,15,16). The third-order valence-corrected chi connectivity index (χ3v) is 5.01. The Balaban J connectivity index is 2.14. The normalized spacial score (nSPS) is 10.4. The molecule has 0 unspecified atom stereocenters. The Morgan fingerprint density at radius 1 is 1.45 bits per heavy atom. The molecule has 0 atom stereocenters. The number of carbonyl (C=O) groups is 1. The highest BCUT2D eigenvalue weighted by molar-refractivity contribution is 9.10. The fraction of sp³-hybridized carbons (Fsp3) is 0.0833. The second-order valence-corrected chi connectivity index (χ2v) is 6.65. The summed E-state index contributed by atoms with van der Waals surface area (Å²) < 4.78 is 0.654. The number of halogens is 1. The Hall–Kier alpha value is -1.38. The molecule has 104 valence electrons. The number of thiophene rings is 1. The molecular formula is C12H8BrNO4S2. The van der Waals surface area contributed by atoms with Crippen LogP contribution in [0, 0.1) is 10.1 Å². The number of carboxylic acids is 1. The van der Waals surface area contributed by atoms with Gasteiger partial charge < -0.3 is 5.11 Å². The van der Waals surface area contributed by atoms with E-state index in [4.69, 9.17) is 5.11 Å². The van der Waals surface area contributed by atoms with Gasteiger partial charge in [-0.25, -0.2) is 4.79 Å². The molecule has 0 saturated heterocycles. The summed E-state index contributed by atoms with van der Waals surface area (Å²) in [7, 11) is 0. The Kier molecular flexibility index (Phi) is 4.79. The van der Waals surface area contributed by atoms with Crippen molar-refractivity contribution in [3.63, 3.8) is 0 Å². The number of nitro groups is 1. The van der Waals surface area contributed by atoms with Crippen molar-refractivity contribution in [1.29, 1.82) is 0 Å². The third-order valence-electron chi connectivity index (χ3n) is 2.42. The zero-order chi connectivity index (χ0) is 14.7. The van der Waals surface area contributed by atoms with Crippen LogP contribution in [0.25, 0.3) is 0 Å². The number of nitro benzene ring substituents is 1. The van der Waals surface area contributed by atoms with Gasteiger partial charge in [0.2, 0.25) is 0 Å². The van der Waals surface area contributed by atoms with E-state index in [9.17, 15) is 14.9 Å².